The van der Waals surface area contributed by atoms with Crippen LogP contribution >= 0.6 is 15.9 Å². The molecule has 6 nitrogen and oxygen atoms in total. The number of aromatic nitrogens is 3. The van der Waals surface area contributed by atoms with Crippen LogP contribution in [0.2, 0.25) is 0 Å². The molecular weight excluding hydrogens is 468 g/mol. The van der Waals surface area contributed by atoms with Gasteiger partial charge < -0.3 is 20.1 Å². The van der Waals surface area contributed by atoms with E-state index in [0.717, 1.165) is 63.8 Å². The van der Waals surface area contributed by atoms with Gasteiger partial charge in [0.15, 0.2) is 0 Å². The number of nitrogens with zero attached hydrogens (tertiary/aromatic N) is 3. The molecule has 0 radical (unpaired) electrons. The van der Waals surface area contributed by atoms with Crippen LogP contribution in [0.15, 0.2) is 65.5 Å². The lowest BCUT2D eigenvalue weighted by Crippen LogP contribution is -2.21. The van der Waals surface area contributed by atoms with Crippen LogP contribution < -0.4 is 10.5 Å². The van der Waals surface area contributed by atoms with Crippen LogP contribution in [0.1, 0.15) is 37.3 Å². The van der Waals surface area contributed by atoms with E-state index in [2.05, 4.69) is 36.5 Å². The van der Waals surface area contributed by atoms with E-state index in [9.17, 15) is 5.11 Å². The van der Waals surface area contributed by atoms with Crippen molar-refractivity contribution in [1.82, 2.24) is 14.5 Å². The lowest BCUT2D eigenvalue weighted by atomic mass is 9.93. The molecule has 0 spiro atoms. The van der Waals surface area contributed by atoms with E-state index in [0.29, 0.717) is 12.4 Å². The molecule has 1 saturated carbocycles. The number of benzene rings is 2. The zero-order chi connectivity index (χ0) is 22.1. The molecule has 2 heterocycles. The third-order valence-electron chi connectivity index (χ3n) is 6.15. The zero-order valence-electron chi connectivity index (χ0n) is 17.6. The summed E-state index contributed by atoms with van der Waals surface area (Å²) in [4.78, 5) is 8.85. The Bertz CT molecular complexity index is 1230. The second kappa shape index (κ2) is 8.92. The standard InChI is InChI=1S/C25H25BrN4O2/c26-23-21(17-7-4-8-20(13-17)32-14-16-5-2-1-3-6-16)22-24(27)28-15-29-25(22)30(23)18-9-11-19(31)12-10-18/h1-8,13,15,18-19,31H,9-12,14H2,(H2,27,28,29)/t18-,19-. The van der Waals surface area contributed by atoms with Crippen LogP contribution in [0, 0.1) is 0 Å². The van der Waals surface area contributed by atoms with Crippen molar-refractivity contribution in [3.05, 3.63) is 71.1 Å². The van der Waals surface area contributed by atoms with Crippen molar-refractivity contribution >= 4 is 32.8 Å². The second-order valence-electron chi connectivity index (χ2n) is 8.26. The Morgan fingerprint density at radius 1 is 1.03 bits per heavy atom. The summed E-state index contributed by atoms with van der Waals surface area (Å²) >= 11 is 3.85. The molecule has 0 aliphatic heterocycles. The number of anilines is 1. The van der Waals surface area contributed by atoms with Gasteiger partial charge in [-0.15, -0.1) is 0 Å². The molecule has 2 aromatic carbocycles. The van der Waals surface area contributed by atoms with Gasteiger partial charge in [0, 0.05) is 11.6 Å². The molecule has 1 fully saturated rings. The van der Waals surface area contributed by atoms with Gasteiger partial charge in [-0.1, -0.05) is 42.5 Å². The average molecular weight is 493 g/mol. The number of nitrogen functional groups attached to an aromatic ring is 1. The largest absolute Gasteiger partial charge is 0.489 e. The molecule has 2 aromatic heterocycles. The minimum absolute atomic E-state index is 0.218. The molecule has 1 aliphatic carbocycles. The Morgan fingerprint density at radius 2 is 1.81 bits per heavy atom. The summed E-state index contributed by atoms with van der Waals surface area (Å²) in [7, 11) is 0. The van der Waals surface area contributed by atoms with Gasteiger partial charge in [-0.25, -0.2) is 9.97 Å². The van der Waals surface area contributed by atoms with E-state index in [1.165, 1.54) is 6.33 Å². The summed E-state index contributed by atoms with van der Waals surface area (Å²) < 4.78 is 9.21. The van der Waals surface area contributed by atoms with Crippen LogP contribution in [0.5, 0.6) is 5.75 Å². The molecule has 3 N–H and O–H groups in total. The Balaban J connectivity index is 1.55. The molecule has 0 unspecified atom stereocenters. The first kappa shape index (κ1) is 21.0. The van der Waals surface area contributed by atoms with E-state index in [-0.39, 0.29) is 12.1 Å². The predicted molar refractivity (Wildman–Crippen MR) is 129 cm³/mol. The SMILES string of the molecule is Nc1ncnc2c1c(-c1cccc(OCc3ccccc3)c1)c(Br)n2[C@H]1CC[C@H](O)CC1. The fourth-order valence-corrected chi connectivity index (χ4v) is 5.41. The summed E-state index contributed by atoms with van der Waals surface area (Å²) in [5.74, 6) is 1.24. The molecule has 7 heteroatoms. The Hall–Kier alpha value is -2.90. The summed E-state index contributed by atoms with van der Waals surface area (Å²) in [6.45, 7) is 0.503. The summed E-state index contributed by atoms with van der Waals surface area (Å²) in [5.41, 5.74) is 10.2. The average Bonchev–Trinajstić information content (AvgIpc) is 3.12. The van der Waals surface area contributed by atoms with Crippen molar-refractivity contribution in [2.75, 3.05) is 5.73 Å². The minimum Gasteiger partial charge on any atom is -0.489 e. The Morgan fingerprint density at radius 3 is 2.59 bits per heavy atom. The number of hydrogen-bond donors (Lipinski definition) is 2. The van der Waals surface area contributed by atoms with Gasteiger partial charge in [0.25, 0.3) is 0 Å². The highest BCUT2D eigenvalue weighted by Gasteiger charge is 2.28. The van der Waals surface area contributed by atoms with Gasteiger partial charge >= 0.3 is 0 Å². The predicted octanol–water partition coefficient (Wildman–Crippen LogP) is 5.50. The van der Waals surface area contributed by atoms with Gasteiger partial charge in [-0.05, 0) is 64.9 Å². The normalized spacial score (nSPS) is 18.7. The Kier molecular flexibility index (Phi) is 5.85. The monoisotopic (exact) mass is 492 g/mol. The highest BCUT2D eigenvalue weighted by atomic mass is 79.9. The quantitative estimate of drug-likeness (QED) is 0.384. The van der Waals surface area contributed by atoms with E-state index in [4.69, 9.17) is 10.5 Å². The first-order chi connectivity index (χ1) is 15.6. The van der Waals surface area contributed by atoms with E-state index in [1.807, 2.05) is 48.5 Å². The van der Waals surface area contributed by atoms with Crippen LogP contribution in [-0.4, -0.2) is 25.7 Å². The molecule has 164 valence electrons. The topological polar surface area (TPSA) is 86.2 Å². The minimum atomic E-state index is -0.218. The number of rotatable bonds is 5. The number of ether oxygens (including phenoxy) is 1. The number of nitrogens with two attached hydrogens (primary N) is 1. The van der Waals surface area contributed by atoms with Gasteiger partial charge in [-0.2, -0.15) is 0 Å². The van der Waals surface area contributed by atoms with Crippen molar-refractivity contribution in [3.63, 3.8) is 0 Å². The molecule has 0 saturated heterocycles. The molecule has 5 rings (SSSR count). The Labute approximate surface area is 195 Å². The zero-order valence-corrected chi connectivity index (χ0v) is 19.2. The summed E-state index contributed by atoms with van der Waals surface area (Å²) in [6.07, 6.45) is 4.66. The number of halogens is 1. The number of aliphatic hydroxyl groups is 1. The van der Waals surface area contributed by atoms with Crippen molar-refractivity contribution in [2.45, 2.75) is 44.4 Å². The van der Waals surface area contributed by atoms with E-state index < -0.39 is 0 Å². The highest BCUT2D eigenvalue weighted by molar-refractivity contribution is 9.10. The first-order valence-corrected chi connectivity index (χ1v) is 11.7. The van der Waals surface area contributed by atoms with Crippen molar-refractivity contribution < 1.29 is 9.84 Å². The second-order valence-corrected chi connectivity index (χ2v) is 9.01. The van der Waals surface area contributed by atoms with Gasteiger partial charge in [0.1, 0.15) is 30.1 Å². The van der Waals surface area contributed by atoms with Crippen molar-refractivity contribution in [1.29, 1.82) is 0 Å². The number of fused-ring (bicyclic) bond motifs is 1. The summed E-state index contributed by atoms with van der Waals surface area (Å²) in [6, 6.07) is 18.4. The maximum Gasteiger partial charge on any atom is 0.147 e. The molecule has 4 aromatic rings. The molecule has 0 atom stereocenters. The molecular formula is C25H25BrN4O2. The van der Waals surface area contributed by atoms with E-state index in [1.54, 1.807) is 0 Å². The maximum absolute atomic E-state index is 9.97. The van der Waals surface area contributed by atoms with Crippen LogP contribution in [0.3, 0.4) is 0 Å². The maximum atomic E-state index is 9.97. The fraction of sp³-hybridized carbons (Fsp3) is 0.280. The van der Waals surface area contributed by atoms with Crippen LogP contribution in [-0.2, 0) is 6.61 Å². The van der Waals surface area contributed by atoms with Crippen molar-refractivity contribution in [2.24, 2.45) is 0 Å². The lowest BCUT2D eigenvalue weighted by molar-refractivity contribution is 0.111. The van der Waals surface area contributed by atoms with Gasteiger partial charge in [0.2, 0.25) is 0 Å². The number of hydrogen-bond acceptors (Lipinski definition) is 5. The molecule has 0 bridgehead atoms. The molecule has 32 heavy (non-hydrogen) atoms. The lowest BCUT2D eigenvalue weighted by Gasteiger charge is -2.27. The third-order valence-corrected chi connectivity index (χ3v) is 6.93. The fourth-order valence-electron chi connectivity index (χ4n) is 4.52. The van der Waals surface area contributed by atoms with Crippen molar-refractivity contribution in [3.8, 4) is 16.9 Å². The number of aliphatic hydroxyl groups excluding tert-OH is 1. The first-order valence-electron chi connectivity index (χ1n) is 10.9. The third kappa shape index (κ3) is 3.98. The summed E-state index contributed by atoms with van der Waals surface area (Å²) in [5, 5.41) is 10.8. The smallest absolute Gasteiger partial charge is 0.147 e. The van der Waals surface area contributed by atoms with Crippen LogP contribution in [0.4, 0.5) is 5.82 Å². The van der Waals surface area contributed by atoms with E-state index >= 15 is 0 Å². The van der Waals surface area contributed by atoms with Crippen LogP contribution in [0.25, 0.3) is 22.2 Å². The molecule has 1 aliphatic rings. The highest BCUT2D eigenvalue weighted by Crippen LogP contribution is 2.44. The van der Waals surface area contributed by atoms with Gasteiger partial charge in [0.05, 0.1) is 16.1 Å². The van der Waals surface area contributed by atoms with Gasteiger partial charge in [-0.3, -0.25) is 0 Å². The molecule has 0 amide bonds.